The average molecular weight is 262 g/mol. The summed E-state index contributed by atoms with van der Waals surface area (Å²) in [5.74, 6) is -0.151. The number of carbonyl (C=O) groups is 1. The van der Waals surface area contributed by atoms with E-state index in [0.717, 1.165) is 11.3 Å². The molecule has 5 nitrogen and oxygen atoms in total. The van der Waals surface area contributed by atoms with Crippen LogP contribution in [0.1, 0.15) is 26.6 Å². The number of aryl methyl sites for hydroxylation is 2. The fraction of sp³-hybridized carbons (Fsp3) is 0.250. The number of nitrogen functional groups attached to an aromatic ring is 1. The van der Waals surface area contributed by atoms with E-state index in [1.165, 1.54) is 11.3 Å². The predicted octanol–water partition coefficient (Wildman–Crippen LogP) is 1.67. The van der Waals surface area contributed by atoms with Crippen molar-refractivity contribution in [3.63, 3.8) is 0 Å². The molecule has 6 heteroatoms. The van der Waals surface area contributed by atoms with Crippen molar-refractivity contribution in [2.24, 2.45) is 0 Å². The van der Waals surface area contributed by atoms with Gasteiger partial charge in [-0.2, -0.15) is 0 Å². The standard InChI is InChI=1S/C12H14N4OS/c1-7-3-4-9(5-14-7)6-15-11(17)10-8(2)16-12(13)18-10/h3-5H,6H2,1-2H3,(H2,13,16)(H,15,17). The Morgan fingerprint density at radius 2 is 2.22 bits per heavy atom. The fourth-order valence-corrected chi connectivity index (χ4v) is 2.24. The molecule has 0 radical (unpaired) electrons. The number of pyridine rings is 1. The van der Waals surface area contributed by atoms with Crippen molar-refractivity contribution in [3.8, 4) is 0 Å². The largest absolute Gasteiger partial charge is 0.375 e. The Bertz CT molecular complexity index is 562. The number of anilines is 1. The first-order valence-corrected chi connectivity index (χ1v) is 6.30. The summed E-state index contributed by atoms with van der Waals surface area (Å²) in [5, 5.41) is 3.24. The van der Waals surface area contributed by atoms with Crippen LogP contribution in [0.5, 0.6) is 0 Å². The second kappa shape index (κ2) is 5.14. The highest BCUT2D eigenvalue weighted by Gasteiger charge is 2.13. The Balaban J connectivity index is 2.00. The van der Waals surface area contributed by atoms with Gasteiger partial charge in [-0.1, -0.05) is 17.4 Å². The summed E-state index contributed by atoms with van der Waals surface area (Å²) >= 11 is 1.20. The maximum absolute atomic E-state index is 11.9. The molecule has 0 atom stereocenters. The summed E-state index contributed by atoms with van der Waals surface area (Å²) in [6.07, 6.45) is 1.75. The minimum atomic E-state index is -0.151. The number of nitrogens with zero attached hydrogens (tertiary/aromatic N) is 2. The number of hydrogen-bond donors (Lipinski definition) is 2. The Morgan fingerprint density at radius 3 is 2.78 bits per heavy atom. The van der Waals surface area contributed by atoms with E-state index in [-0.39, 0.29) is 5.91 Å². The van der Waals surface area contributed by atoms with E-state index in [4.69, 9.17) is 5.73 Å². The molecule has 0 saturated heterocycles. The minimum Gasteiger partial charge on any atom is -0.375 e. The number of nitrogens with two attached hydrogens (primary N) is 1. The van der Waals surface area contributed by atoms with E-state index in [1.807, 2.05) is 19.1 Å². The Labute approximate surface area is 109 Å². The number of aromatic nitrogens is 2. The number of hydrogen-bond acceptors (Lipinski definition) is 5. The summed E-state index contributed by atoms with van der Waals surface area (Å²) < 4.78 is 0. The fourth-order valence-electron chi connectivity index (χ4n) is 1.49. The van der Waals surface area contributed by atoms with Crippen LogP contribution in [-0.4, -0.2) is 15.9 Å². The zero-order valence-electron chi connectivity index (χ0n) is 10.2. The van der Waals surface area contributed by atoms with Gasteiger partial charge in [0.2, 0.25) is 0 Å². The summed E-state index contributed by atoms with van der Waals surface area (Å²) in [7, 11) is 0. The van der Waals surface area contributed by atoms with Crippen LogP contribution in [0.4, 0.5) is 5.13 Å². The van der Waals surface area contributed by atoms with Gasteiger partial charge in [-0.25, -0.2) is 4.98 Å². The molecule has 1 amide bonds. The van der Waals surface area contributed by atoms with Gasteiger partial charge < -0.3 is 11.1 Å². The molecule has 0 aliphatic carbocycles. The van der Waals surface area contributed by atoms with E-state index in [2.05, 4.69) is 15.3 Å². The Kier molecular flexibility index (Phi) is 3.57. The van der Waals surface area contributed by atoms with E-state index >= 15 is 0 Å². The second-order valence-corrected chi connectivity index (χ2v) is 4.99. The van der Waals surface area contributed by atoms with Crippen LogP contribution >= 0.6 is 11.3 Å². The molecule has 0 fully saturated rings. The molecule has 0 spiro atoms. The van der Waals surface area contributed by atoms with Crippen LogP contribution in [0.25, 0.3) is 0 Å². The van der Waals surface area contributed by atoms with Gasteiger partial charge in [0, 0.05) is 18.4 Å². The molecule has 0 aromatic carbocycles. The molecule has 2 rings (SSSR count). The third-order valence-electron chi connectivity index (χ3n) is 2.45. The van der Waals surface area contributed by atoms with Gasteiger partial charge in [-0.15, -0.1) is 0 Å². The monoisotopic (exact) mass is 262 g/mol. The van der Waals surface area contributed by atoms with Gasteiger partial charge in [0.15, 0.2) is 5.13 Å². The minimum absolute atomic E-state index is 0.151. The topological polar surface area (TPSA) is 80.9 Å². The maximum atomic E-state index is 11.9. The zero-order chi connectivity index (χ0) is 13.1. The van der Waals surface area contributed by atoms with Crippen molar-refractivity contribution >= 4 is 22.4 Å². The van der Waals surface area contributed by atoms with Gasteiger partial charge in [0.1, 0.15) is 4.88 Å². The van der Waals surface area contributed by atoms with Crippen molar-refractivity contribution in [1.29, 1.82) is 0 Å². The third-order valence-corrected chi connectivity index (χ3v) is 3.43. The van der Waals surface area contributed by atoms with Crippen LogP contribution in [0.2, 0.25) is 0 Å². The van der Waals surface area contributed by atoms with E-state index in [9.17, 15) is 4.79 Å². The highest BCUT2D eigenvalue weighted by Crippen LogP contribution is 2.19. The molecule has 0 aliphatic rings. The molecular formula is C12H14N4OS. The second-order valence-electron chi connectivity index (χ2n) is 3.96. The number of thiazole rings is 1. The van der Waals surface area contributed by atoms with Crippen LogP contribution in [0.15, 0.2) is 18.3 Å². The lowest BCUT2D eigenvalue weighted by molar-refractivity contribution is 0.0954. The summed E-state index contributed by atoms with van der Waals surface area (Å²) in [6, 6.07) is 3.86. The van der Waals surface area contributed by atoms with Gasteiger partial charge in [0.05, 0.1) is 5.69 Å². The molecule has 0 saturated carbocycles. The van der Waals surface area contributed by atoms with Crippen molar-refractivity contribution in [1.82, 2.24) is 15.3 Å². The third kappa shape index (κ3) is 2.84. The molecule has 2 aromatic rings. The molecule has 0 aliphatic heterocycles. The molecule has 0 bridgehead atoms. The van der Waals surface area contributed by atoms with Gasteiger partial charge >= 0.3 is 0 Å². The first kappa shape index (κ1) is 12.5. The first-order chi connectivity index (χ1) is 8.56. The van der Waals surface area contributed by atoms with E-state index in [1.54, 1.807) is 13.1 Å². The van der Waals surface area contributed by atoms with Crippen molar-refractivity contribution < 1.29 is 4.79 Å². The van der Waals surface area contributed by atoms with Crippen LogP contribution < -0.4 is 11.1 Å². The van der Waals surface area contributed by atoms with Gasteiger partial charge in [-0.05, 0) is 25.5 Å². The zero-order valence-corrected chi connectivity index (χ0v) is 11.0. The molecule has 94 valence electrons. The molecule has 0 unspecified atom stereocenters. The van der Waals surface area contributed by atoms with E-state index in [0.29, 0.717) is 22.2 Å². The van der Waals surface area contributed by atoms with E-state index < -0.39 is 0 Å². The molecule has 3 N–H and O–H groups in total. The first-order valence-electron chi connectivity index (χ1n) is 5.49. The molecular weight excluding hydrogens is 248 g/mol. The smallest absolute Gasteiger partial charge is 0.263 e. The lowest BCUT2D eigenvalue weighted by atomic mass is 10.2. The molecule has 2 heterocycles. The summed E-state index contributed by atoms with van der Waals surface area (Å²) in [4.78, 5) is 20.7. The van der Waals surface area contributed by atoms with Crippen molar-refractivity contribution in [3.05, 3.63) is 40.2 Å². The van der Waals surface area contributed by atoms with Gasteiger partial charge in [0.25, 0.3) is 5.91 Å². The van der Waals surface area contributed by atoms with Crippen LogP contribution in [-0.2, 0) is 6.54 Å². The summed E-state index contributed by atoms with van der Waals surface area (Å²) in [6.45, 7) is 4.14. The Morgan fingerprint density at radius 1 is 1.44 bits per heavy atom. The number of carbonyl (C=O) groups excluding carboxylic acids is 1. The average Bonchev–Trinajstić information content (AvgIpc) is 2.67. The number of nitrogens with one attached hydrogen (secondary N) is 1. The van der Waals surface area contributed by atoms with Crippen molar-refractivity contribution in [2.75, 3.05) is 5.73 Å². The van der Waals surface area contributed by atoms with Gasteiger partial charge in [-0.3, -0.25) is 9.78 Å². The molecule has 2 aromatic heterocycles. The Hall–Kier alpha value is -1.95. The lowest BCUT2D eigenvalue weighted by Crippen LogP contribution is -2.22. The quantitative estimate of drug-likeness (QED) is 0.881. The molecule has 18 heavy (non-hydrogen) atoms. The maximum Gasteiger partial charge on any atom is 0.263 e. The SMILES string of the molecule is Cc1ccc(CNC(=O)c2sc(N)nc2C)cn1. The highest BCUT2D eigenvalue weighted by atomic mass is 32.1. The number of amides is 1. The highest BCUT2D eigenvalue weighted by molar-refractivity contribution is 7.17. The van der Waals surface area contributed by atoms with Crippen LogP contribution in [0.3, 0.4) is 0 Å². The predicted molar refractivity (Wildman–Crippen MR) is 71.4 cm³/mol. The summed E-state index contributed by atoms with van der Waals surface area (Å²) in [5.41, 5.74) is 8.14. The van der Waals surface area contributed by atoms with Crippen molar-refractivity contribution in [2.45, 2.75) is 20.4 Å². The number of rotatable bonds is 3. The van der Waals surface area contributed by atoms with Crippen LogP contribution in [0, 0.1) is 13.8 Å². The normalized spacial score (nSPS) is 10.3. The lowest BCUT2D eigenvalue weighted by Gasteiger charge is -2.04.